The molecule has 2 nitrogen and oxygen atoms in total. The Bertz CT molecular complexity index is 1030. The van der Waals surface area contributed by atoms with Crippen LogP contribution >= 0.6 is 0 Å². The molecule has 0 heterocycles. The Kier molecular flexibility index (Phi) is 13.9. The van der Waals surface area contributed by atoms with Crippen molar-refractivity contribution in [3.05, 3.63) is 72.3 Å². The van der Waals surface area contributed by atoms with Gasteiger partial charge in [-0.05, 0) is 35.6 Å². The second-order valence-electron chi connectivity index (χ2n) is 10.9. The van der Waals surface area contributed by atoms with Crippen molar-refractivity contribution in [3.63, 3.8) is 0 Å². The molecule has 0 saturated carbocycles. The molecule has 0 spiro atoms. The molecule has 0 atom stereocenters. The molecule has 38 heavy (non-hydrogen) atoms. The molecule has 0 fully saturated rings. The molecule has 0 unspecified atom stereocenters. The minimum Gasteiger partial charge on any atom is -0.507 e. The van der Waals surface area contributed by atoms with E-state index in [1.165, 1.54) is 96.3 Å². The Morgan fingerprint density at radius 2 is 0.895 bits per heavy atom. The van der Waals surface area contributed by atoms with Crippen LogP contribution in [0.2, 0.25) is 0 Å². The topological polar surface area (TPSA) is 40.5 Å². The van der Waals surface area contributed by atoms with E-state index in [-0.39, 0.29) is 11.5 Å². The van der Waals surface area contributed by atoms with Crippen molar-refractivity contribution in [2.75, 3.05) is 0 Å². The summed E-state index contributed by atoms with van der Waals surface area (Å²) < 4.78 is 0. The van der Waals surface area contributed by atoms with Crippen molar-refractivity contribution in [3.8, 4) is 33.8 Å². The zero-order valence-electron chi connectivity index (χ0n) is 23.8. The molecule has 0 saturated heterocycles. The van der Waals surface area contributed by atoms with E-state index in [1.54, 1.807) is 0 Å². The summed E-state index contributed by atoms with van der Waals surface area (Å²) in [7, 11) is 0. The summed E-state index contributed by atoms with van der Waals surface area (Å²) in [6.07, 6.45) is 22.4. The SMILES string of the molecule is CCCCCCCCCCCCCCCCCCc1cc(-c2ccccc2)c(O)c(-c2ccccc2)c1O. The second-order valence-corrected chi connectivity index (χ2v) is 10.9. The molecule has 0 aromatic heterocycles. The van der Waals surface area contributed by atoms with Crippen molar-refractivity contribution < 1.29 is 10.2 Å². The standard InChI is InChI=1S/C36H50O2/c1-2-3-4-5-6-7-8-9-10-11-12-13-14-15-16-19-28-32-29-33(30-24-20-17-21-25-30)36(38)34(35(32)37)31-26-22-18-23-27-31/h17-18,20-27,29,37-38H,2-16,19,28H2,1H3. The molecule has 0 bridgehead atoms. The van der Waals surface area contributed by atoms with Crippen molar-refractivity contribution >= 4 is 0 Å². The molecule has 0 aliphatic heterocycles. The maximum Gasteiger partial charge on any atom is 0.134 e. The monoisotopic (exact) mass is 514 g/mol. The normalized spacial score (nSPS) is 11.2. The Morgan fingerprint density at radius 1 is 0.474 bits per heavy atom. The van der Waals surface area contributed by atoms with Crippen LogP contribution in [0.4, 0.5) is 0 Å². The molecular formula is C36H50O2. The molecule has 0 radical (unpaired) electrons. The van der Waals surface area contributed by atoms with Crippen LogP contribution < -0.4 is 0 Å². The van der Waals surface area contributed by atoms with Crippen LogP contribution in [0.15, 0.2) is 66.7 Å². The van der Waals surface area contributed by atoms with E-state index in [4.69, 9.17) is 0 Å². The number of aryl methyl sites for hydroxylation is 1. The molecule has 0 aliphatic carbocycles. The molecule has 0 aliphatic rings. The number of rotatable bonds is 19. The van der Waals surface area contributed by atoms with E-state index < -0.39 is 0 Å². The number of benzene rings is 3. The third-order valence-electron chi connectivity index (χ3n) is 7.80. The Hall–Kier alpha value is -2.74. The summed E-state index contributed by atoms with van der Waals surface area (Å²) in [5, 5.41) is 22.3. The Morgan fingerprint density at radius 3 is 1.37 bits per heavy atom. The van der Waals surface area contributed by atoms with Gasteiger partial charge in [0, 0.05) is 5.56 Å². The number of phenols is 2. The number of phenolic OH excluding ortho intramolecular Hbond substituents is 2. The average Bonchev–Trinajstić information content (AvgIpc) is 2.95. The van der Waals surface area contributed by atoms with Crippen LogP contribution in [0.1, 0.15) is 115 Å². The summed E-state index contributed by atoms with van der Waals surface area (Å²) in [6, 6.07) is 21.7. The van der Waals surface area contributed by atoms with Crippen LogP contribution in [0.5, 0.6) is 11.5 Å². The van der Waals surface area contributed by atoms with Crippen molar-refractivity contribution in [2.45, 2.75) is 116 Å². The van der Waals surface area contributed by atoms with Gasteiger partial charge in [0.25, 0.3) is 0 Å². The fourth-order valence-corrected chi connectivity index (χ4v) is 5.49. The van der Waals surface area contributed by atoms with Crippen LogP contribution in [0, 0.1) is 0 Å². The number of unbranched alkanes of at least 4 members (excludes halogenated alkanes) is 15. The summed E-state index contributed by atoms with van der Waals surface area (Å²) in [5.41, 5.74) is 4.06. The first-order chi connectivity index (χ1) is 18.7. The van der Waals surface area contributed by atoms with Crippen LogP contribution in [-0.2, 0) is 6.42 Å². The summed E-state index contributed by atoms with van der Waals surface area (Å²) in [6.45, 7) is 2.28. The first kappa shape index (κ1) is 29.8. The van der Waals surface area contributed by atoms with Gasteiger partial charge in [-0.15, -0.1) is 0 Å². The van der Waals surface area contributed by atoms with Crippen LogP contribution in [-0.4, -0.2) is 10.2 Å². The first-order valence-electron chi connectivity index (χ1n) is 15.4. The molecule has 206 valence electrons. The highest BCUT2D eigenvalue weighted by Gasteiger charge is 2.19. The van der Waals surface area contributed by atoms with Gasteiger partial charge >= 0.3 is 0 Å². The van der Waals surface area contributed by atoms with Gasteiger partial charge in [0.05, 0.1) is 5.56 Å². The quantitative estimate of drug-likeness (QED) is 0.156. The van der Waals surface area contributed by atoms with E-state index in [2.05, 4.69) is 6.92 Å². The van der Waals surface area contributed by atoms with Gasteiger partial charge in [0.1, 0.15) is 11.5 Å². The second kappa shape index (κ2) is 17.7. The molecule has 2 heteroatoms. The zero-order chi connectivity index (χ0) is 26.8. The minimum absolute atomic E-state index is 0.149. The van der Waals surface area contributed by atoms with Gasteiger partial charge in [0.2, 0.25) is 0 Å². The highest BCUT2D eigenvalue weighted by molar-refractivity contribution is 5.87. The molecule has 3 rings (SSSR count). The van der Waals surface area contributed by atoms with Gasteiger partial charge in [-0.3, -0.25) is 0 Å². The molecule has 3 aromatic carbocycles. The third-order valence-corrected chi connectivity index (χ3v) is 7.80. The fourth-order valence-electron chi connectivity index (χ4n) is 5.49. The predicted molar refractivity (Wildman–Crippen MR) is 164 cm³/mol. The predicted octanol–water partition coefficient (Wildman–Crippen LogP) is 11.2. The van der Waals surface area contributed by atoms with Gasteiger partial charge < -0.3 is 10.2 Å². The van der Waals surface area contributed by atoms with Crippen LogP contribution in [0.25, 0.3) is 22.3 Å². The van der Waals surface area contributed by atoms with E-state index >= 15 is 0 Å². The maximum absolute atomic E-state index is 11.2. The highest BCUT2D eigenvalue weighted by Crippen LogP contribution is 2.46. The van der Waals surface area contributed by atoms with Gasteiger partial charge in [0.15, 0.2) is 0 Å². The zero-order valence-corrected chi connectivity index (χ0v) is 23.8. The fraction of sp³-hybridized carbons (Fsp3) is 0.500. The smallest absolute Gasteiger partial charge is 0.134 e. The van der Waals surface area contributed by atoms with E-state index in [9.17, 15) is 10.2 Å². The lowest BCUT2D eigenvalue weighted by atomic mass is 9.91. The van der Waals surface area contributed by atoms with Gasteiger partial charge in [-0.1, -0.05) is 164 Å². The van der Waals surface area contributed by atoms with Crippen molar-refractivity contribution in [1.82, 2.24) is 0 Å². The van der Waals surface area contributed by atoms with Crippen molar-refractivity contribution in [2.24, 2.45) is 0 Å². The lowest BCUT2D eigenvalue weighted by Gasteiger charge is -2.17. The lowest BCUT2D eigenvalue weighted by molar-refractivity contribution is 0.449. The minimum atomic E-state index is 0.149. The molecule has 0 amide bonds. The highest BCUT2D eigenvalue weighted by atomic mass is 16.3. The number of hydrogen-bond donors (Lipinski definition) is 2. The lowest BCUT2D eigenvalue weighted by Crippen LogP contribution is -1.94. The summed E-state index contributed by atoms with van der Waals surface area (Å²) in [4.78, 5) is 0. The van der Waals surface area contributed by atoms with Gasteiger partial charge in [-0.2, -0.15) is 0 Å². The van der Waals surface area contributed by atoms with Crippen LogP contribution in [0.3, 0.4) is 0 Å². The Labute approximate surface area is 232 Å². The van der Waals surface area contributed by atoms with E-state index in [0.717, 1.165) is 35.1 Å². The maximum atomic E-state index is 11.2. The van der Waals surface area contributed by atoms with E-state index in [1.807, 2.05) is 66.7 Å². The molecular weight excluding hydrogens is 464 g/mol. The number of hydrogen-bond acceptors (Lipinski definition) is 2. The summed E-state index contributed by atoms with van der Waals surface area (Å²) in [5.74, 6) is 0.366. The third kappa shape index (κ3) is 9.86. The molecule has 3 aromatic rings. The van der Waals surface area contributed by atoms with Crippen molar-refractivity contribution in [1.29, 1.82) is 0 Å². The van der Waals surface area contributed by atoms with E-state index in [0.29, 0.717) is 5.56 Å². The first-order valence-corrected chi connectivity index (χ1v) is 15.4. The largest absolute Gasteiger partial charge is 0.507 e. The molecule has 2 N–H and O–H groups in total. The summed E-state index contributed by atoms with van der Waals surface area (Å²) >= 11 is 0. The average molecular weight is 515 g/mol. The Balaban J connectivity index is 1.40. The van der Waals surface area contributed by atoms with Gasteiger partial charge in [-0.25, -0.2) is 0 Å². The number of aromatic hydroxyl groups is 2.